The molecular formula is C54H32O2. The van der Waals surface area contributed by atoms with Gasteiger partial charge in [-0.2, -0.15) is 0 Å². The standard InChI is InChI=1S/C54H32O2/c1-2-13-33(14-3-1)36-18-8-15-34-29-30-35(31-45(34)36)52-41-21-9-19-37(39-23-11-27-50-53(39)43-16-4-6-25-48(43)55-50)46(41)32-47-38(20-10-22-42(47)52)40-24-12-28-51-54(40)44-17-5-7-26-49(44)56-51/h1-32H. The van der Waals surface area contributed by atoms with Crippen LogP contribution in [0.5, 0.6) is 0 Å². The number of hydrogen-bond donors (Lipinski definition) is 0. The van der Waals surface area contributed by atoms with Crippen molar-refractivity contribution in [3.8, 4) is 44.5 Å². The average molecular weight is 713 g/mol. The quantitative estimate of drug-likeness (QED) is 0.170. The molecule has 10 aromatic carbocycles. The van der Waals surface area contributed by atoms with Crippen molar-refractivity contribution < 1.29 is 8.83 Å². The van der Waals surface area contributed by atoms with Gasteiger partial charge in [-0.15, -0.1) is 0 Å². The summed E-state index contributed by atoms with van der Waals surface area (Å²) in [6.45, 7) is 0. The van der Waals surface area contributed by atoms with Gasteiger partial charge in [-0.1, -0.05) is 158 Å². The topological polar surface area (TPSA) is 26.3 Å². The fraction of sp³-hybridized carbons (Fsp3) is 0. The molecule has 2 heterocycles. The van der Waals surface area contributed by atoms with Gasteiger partial charge in [0, 0.05) is 21.5 Å². The lowest BCUT2D eigenvalue weighted by molar-refractivity contribution is 0.668. The molecule has 12 aromatic rings. The third-order valence-electron chi connectivity index (χ3n) is 11.7. The van der Waals surface area contributed by atoms with Crippen LogP contribution in [0.25, 0.3) is 121 Å². The molecule has 0 aliphatic rings. The van der Waals surface area contributed by atoms with E-state index in [0.29, 0.717) is 0 Å². The number of hydrogen-bond acceptors (Lipinski definition) is 2. The van der Waals surface area contributed by atoms with E-state index in [1.54, 1.807) is 0 Å². The first-order chi connectivity index (χ1) is 27.8. The molecule has 2 nitrogen and oxygen atoms in total. The van der Waals surface area contributed by atoms with Gasteiger partial charge in [-0.25, -0.2) is 0 Å². The molecular weight excluding hydrogens is 681 g/mol. The fourth-order valence-corrected chi connectivity index (χ4v) is 9.24. The molecule has 0 spiro atoms. The first-order valence-corrected chi connectivity index (χ1v) is 19.2. The Labute approximate surface area is 322 Å². The maximum Gasteiger partial charge on any atom is 0.136 e. The zero-order valence-electron chi connectivity index (χ0n) is 30.3. The fourth-order valence-electron chi connectivity index (χ4n) is 9.24. The Morgan fingerprint density at radius 2 is 0.732 bits per heavy atom. The van der Waals surface area contributed by atoms with Crippen molar-refractivity contribution in [1.29, 1.82) is 0 Å². The van der Waals surface area contributed by atoms with Gasteiger partial charge in [0.25, 0.3) is 0 Å². The van der Waals surface area contributed by atoms with Crippen LogP contribution in [0, 0.1) is 0 Å². The second-order valence-corrected chi connectivity index (χ2v) is 14.7. The molecule has 0 radical (unpaired) electrons. The number of para-hydroxylation sites is 2. The van der Waals surface area contributed by atoms with Crippen LogP contribution in [-0.4, -0.2) is 0 Å². The summed E-state index contributed by atoms with van der Waals surface area (Å²) in [5.74, 6) is 0. The van der Waals surface area contributed by atoms with E-state index < -0.39 is 0 Å². The smallest absolute Gasteiger partial charge is 0.136 e. The molecule has 0 aliphatic carbocycles. The summed E-state index contributed by atoms with van der Waals surface area (Å²) in [5, 5.41) is 11.8. The van der Waals surface area contributed by atoms with Crippen LogP contribution in [0.3, 0.4) is 0 Å². The second kappa shape index (κ2) is 12.0. The molecule has 2 heteroatoms. The summed E-state index contributed by atoms with van der Waals surface area (Å²) >= 11 is 0. The Morgan fingerprint density at radius 1 is 0.250 bits per heavy atom. The van der Waals surface area contributed by atoms with Crippen molar-refractivity contribution in [2.24, 2.45) is 0 Å². The summed E-state index contributed by atoms with van der Waals surface area (Å²) in [5.41, 5.74) is 13.1. The van der Waals surface area contributed by atoms with Crippen molar-refractivity contribution in [1.82, 2.24) is 0 Å². The first kappa shape index (κ1) is 31.0. The molecule has 0 atom stereocenters. The van der Waals surface area contributed by atoms with E-state index in [-0.39, 0.29) is 0 Å². The van der Waals surface area contributed by atoms with Crippen molar-refractivity contribution in [3.05, 3.63) is 194 Å². The minimum Gasteiger partial charge on any atom is -0.456 e. The Hall–Kier alpha value is -7.42. The molecule has 0 N–H and O–H groups in total. The monoisotopic (exact) mass is 712 g/mol. The van der Waals surface area contributed by atoms with Crippen LogP contribution < -0.4 is 0 Å². The van der Waals surface area contributed by atoms with Gasteiger partial charge in [-0.05, 0) is 113 Å². The van der Waals surface area contributed by atoms with Crippen molar-refractivity contribution in [2.75, 3.05) is 0 Å². The van der Waals surface area contributed by atoms with Gasteiger partial charge in [0.2, 0.25) is 0 Å². The highest BCUT2D eigenvalue weighted by atomic mass is 16.3. The first-order valence-electron chi connectivity index (χ1n) is 19.2. The summed E-state index contributed by atoms with van der Waals surface area (Å²) < 4.78 is 12.8. The van der Waals surface area contributed by atoms with E-state index in [4.69, 9.17) is 8.83 Å². The van der Waals surface area contributed by atoms with Crippen LogP contribution in [0.15, 0.2) is 203 Å². The highest BCUT2D eigenvalue weighted by molar-refractivity contribution is 6.24. The van der Waals surface area contributed by atoms with Gasteiger partial charge in [0.05, 0.1) is 0 Å². The Balaban J connectivity index is 1.22. The maximum absolute atomic E-state index is 6.41. The lowest BCUT2D eigenvalue weighted by atomic mass is 9.84. The molecule has 56 heavy (non-hydrogen) atoms. The summed E-state index contributed by atoms with van der Waals surface area (Å²) in [4.78, 5) is 0. The summed E-state index contributed by atoms with van der Waals surface area (Å²) in [7, 11) is 0. The molecule has 0 unspecified atom stereocenters. The van der Waals surface area contributed by atoms with Crippen LogP contribution in [0.1, 0.15) is 0 Å². The third kappa shape index (κ3) is 4.57. The zero-order valence-corrected chi connectivity index (χ0v) is 30.3. The molecule has 0 saturated carbocycles. The van der Waals surface area contributed by atoms with E-state index in [0.717, 1.165) is 55.0 Å². The van der Waals surface area contributed by atoms with Gasteiger partial charge >= 0.3 is 0 Å². The lowest BCUT2D eigenvalue weighted by Gasteiger charge is -2.18. The summed E-state index contributed by atoms with van der Waals surface area (Å²) in [6, 6.07) is 70.0. The minimum absolute atomic E-state index is 0.892. The SMILES string of the molecule is c1ccc(-c2cccc3ccc(-c4c5cccc(-c6cccc7oc8ccccc8c67)c5cc5c(-c6cccc7oc8ccccc8c67)cccc45)cc23)cc1. The van der Waals surface area contributed by atoms with Crippen LogP contribution in [0.2, 0.25) is 0 Å². The van der Waals surface area contributed by atoms with E-state index in [1.807, 2.05) is 12.1 Å². The van der Waals surface area contributed by atoms with Crippen molar-refractivity contribution in [3.63, 3.8) is 0 Å². The molecule has 0 amide bonds. The zero-order chi connectivity index (χ0) is 36.7. The molecule has 12 rings (SSSR count). The van der Waals surface area contributed by atoms with Crippen LogP contribution in [0.4, 0.5) is 0 Å². The average Bonchev–Trinajstić information content (AvgIpc) is 3.84. The van der Waals surface area contributed by atoms with Crippen molar-refractivity contribution in [2.45, 2.75) is 0 Å². The van der Waals surface area contributed by atoms with E-state index in [2.05, 4.69) is 182 Å². The van der Waals surface area contributed by atoms with Crippen LogP contribution >= 0.6 is 0 Å². The Kier molecular flexibility index (Phi) is 6.66. The predicted octanol–water partition coefficient (Wildman–Crippen LogP) is 15.6. The third-order valence-corrected chi connectivity index (χ3v) is 11.7. The molecule has 0 aliphatic heterocycles. The normalized spacial score (nSPS) is 11.9. The Bertz CT molecular complexity index is 3360. The van der Waals surface area contributed by atoms with E-state index >= 15 is 0 Å². The molecule has 260 valence electrons. The second-order valence-electron chi connectivity index (χ2n) is 14.7. The predicted molar refractivity (Wildman–Crippen MR) is 235 cm³/mol. The maximum atomic E-state index is 6.41. The Morgan fingerprint density at radius 3 is 1.36 bits per heavy atom. The van der Waals surface area contributed by atoms with Gasteiger partial charge in [0.1, 0.15) is 22.3 Å². The van der Waals surface area contributed by atoms with Crippen LogP contribution in [-0.2, 0) is 0 Å². The number of furan rings is 2. The molecule has 0 bridgehead atoms. The number of rotatable bonds is 4. The summed E-state index contributed by atoms with van der Waals surface area (Å²) in [6.07, 6.45) is 0. The van der Waals surface area contributed by atoms with Gasteiger partial charge in [0.15, 0.2) is 0 Å². The highest BCUT2D eigenvalue weighted by Gasteiger charge is 2.21. The molecule has 0 saturated heterocycles. The number of benzene rings is 10. The lowest BCUT2D eigenvalue weighted by Crippen LogP contribution is -1.92. The van der Waals surface area contributed by atoms with Gasteiger partial charge in [-0.3, -0.25) is 0 Å². The van der Waals surface area contributed by atoms with E-state index in [9.17, 15) is 0 Å². The largest absolute Gasteiger partial charge is 0.456 e. The minimum atomic E-state index is 0.892. The molecule has 2 aromatic heterocycles. The van der Waals surface area contributed by atoms with E-state index in [1.165, 1.54) is 65.7 Å². The van der Waals surface area contributed by atoms with Gasteiger partial charge < -0.3 is 8.83 Å². The number of fused-ring (bicyclic) bond motifs is 9. The van der Waals surface area contributed by atoms with Crippen molar-refractivity contribution >= 4 is 76.2 Å². The highest BCUT2D eigenvalue weighted by Crippen LogP contribution is 2.47. The molecule has 0 fully saturated rings.